The van der Waals surface area contributed by atoms with E-state index in [0.29, 0.717) is 6.04 Å². The quantitative estimate of drug-likeness (QED) is 0.846. The summed E-state index contributed by atoms with van der Waals surface area (Å²) in [6, 6.07) is 7.60. The molecular formula is C16H25N3O2. The largest absolute Gasteiger partial charge is 0.369 e. The second-order valence-corrected chi connectivity index (χ2v) is 5.34. The van der Waals surface area contributed by atoms with Gasteiger partial charge in [-0.1, -0.05) is 0 Å². The van der Waals surface area contributed by atoms with Crippen LogP contribution in [0, 0.1) is 0 Å². The monoisotopic (exact) mass is 291 g/mol. The maximum Gasteiger partial charge on any atom is 0.246 e. The number of rotatable bonds is 6. The van der Waals surface area contributed by atoms with Crippen LogP contribution < -0.4 is 15.5 Å². The summed E-state index contributed by atoms with van der Waals surface area (Å²) in [6.07, 6.45) is 0. The molecule has 0 saturated heterocycles. The van der Waals surface area contributed by atoms with Crippen LogP contribution in [0.3, 0.4) is 0 Å². The van der Waals surface area contributed by atoms with Gasteiger partial charge in [0.05, 0.1) is 0 Å². The molecule has 1 unspecified atom stereocenters. The Bertz CT molecular complexity index is 483. The van der Waals surface area contributed by atoms with Gasteiger partial charge in [-0.25, -0.2) is 0 Å². The highest BCUT2D eigenvalue weighted by Gasteiger charge is 2.14. The average Bonchev–Trinajstić information content (AvgIpc) is 2.40. The van der Waals surface area contributed by atoms with E-state index in [1.54, 1.807) is 6.92 Å². The lowest BCUT2D eigenvalue weighted by Gasteiger charge is -2.27. The highest BCUT2D eigenvalue weighted by molar-refractivity contribution is 5.96. The highest BCUT2D eigenvalue weighted by atomic mass is 16.2. The van der Waals surface area contributed by atoms with E-state index >= 15 is 0 Å². The van der Waals surface area contributed by atoms with Crippen LogP contribution in [0.2, 0.25) is 0 Å². The van der Waals surface area contributed by atoms with E-state index in [2.05, 4.69) is 36.3 Å². The van der Waals surface area contributed by atoms with Gasteiger partial charge in [0.1, 0.15) is 6.04 Å². The number of carbonyl (C=O) groups is 2. The van der Waals surface area contributed by atoms with Crippen LogP contribution in [0.4, 0.5) is 11.4 Å². The van der Waals surface area contributed by atoms with Gasteiger partial charge in [0.25, 0.3) is 0 Å². The van der Waals surface area contributed by atoms with E-state index in [9.17, 15) is 9.59 Å². The number of benzene rings is 1. The summed E-state index contributed by atoms with van der Waals surface area (Å²) in [6.45, 7) is 10.4. The molecule has 0 heterocycles. The Labute approximate surface area is 126 Å². The summed E-state index contributed by atoms with van der Waals surface area (Å²) in [5, 5.41) is 5.35. The molecule has 2 amide bonds. The number of nitrogens with one attached hydrogen (secondary N) is 2. The molecule has 0 aliphatic carbocycles. The van der Waals surface area contributed by atoms with Crippen molar-refractivity contribution in [3.8, 4) is 0 Å². The minimum absolute atomic E-state index is 0.219. The molecule has 5 heteroatoms. The molecule has 0 saturated carbocycles. The van der Waals surface area contributed by atoms with Gasteiger partial charge in [-0.15, -0.1) is 0 Å². The van der Waals surface area contributed by atoms with Crippen LogP contribution in [-0.2, 0) is 9.59 Å². The number of carbonyl (C=O) groups excluding carboxylic acids is 2. The molecule has 1 aromatic rings. The van der Waals surface area contributed by atoms with Gasteiger partial charge in [0.15, 0.2) is 0 Å². The lowest BCUT2D eigenvalue weighted by atomic mass is 10.2. The van der Waals surface area contributed by atoms with E-state index in [-0.39, 0.29) is 11.8 Å². The molecule has 5 nitrogen and oxygen atoms in total. The van der Waals surface area contributed by atoms with Crippen molar-refractivity contribution < 1.29 is 9.59 Å². The average molecular weight is 291 g/mol. The van der Waals surface area contributed by atoms with Gasteiger partial charge >= 0.3 is 0 Å². The van der Waals surface area contributed by atoms with Crippen molar-refractivity contribution in [1.82, 2.24) is 5.32 Å². The lowest BCUT2D eigenvalue weighted by Crippen LogP contribution is -2.40. The molecule has 0 radical (unpaired) electrons. The van der Waals surface area contributed by atoms with Gasteiger partial charge in [0.2, 0.25) is 11.8 Å². The maximum atomic E-state index is 11.9. The van der Waals surface area contributed by atoms with Gasteiger partial charge in [-0.3, -0.25) is 9.59 Å². The molecule has 116 valence electrons. The third kappa shape index (κ3) is 5.10. The fraction of sp³-hybridized carbons (Fsp3) is 0.500. The van der Waals surface area contributed by atoms with Crippen molar-refractivity contribution in [2.45, 2.75) is 46.7 Å². The Hall–Kier alpha value is -2.04. The van der Waals surface area contributed by atoms with Crippen molar-refractivity contribution >= 4 is 23.2 Å². The molecule has 0 aliphatic rings. The Morgan fingerprint density at radius 2 is 1.71 bits per heavy atom. The molecular weight excluding hydrogens is 266 g/mol. The Balaban J connectivity index is 2.70. The lowest BCUT2D eigenvalue weighted by molar-refractivity contribution is -0.124. The van der Waals surface area contributed by atoms with Gasteiger partial charge in [-0.05, 0) is 52.0 Å². The minimum Gasteiger partial charge on any atom is -0.369 e. The summed E-state index contributed by atoms with van der Waals surface area (Å²) < 4.78 is 0. The Kier molecular flexibility index (Phi) is 6.21. The molecule has 0 fully saturated rings. The maximum absolute atomic E-state index is 11.9. The van der Waals surface area contributed by atoms with E-state index in [1.807, 2.05) is 24.3 Å². The van der Waals surface area contributed by atoms with Gasteiger partial charge in [-0.2, -0.15) is 0 Å². The molecule has 1 atom stereocenters. The topological polar surface area (TPSA) is 61.4 Å². The fourth-order valence-electron chi connectivity index (χ4n) is 2.20. The predicted octanol–water partition coefficient (Wildman–Crippen LogP) is 2.38. The third-order valence-corrected chi connectivity index (χ3v) is 3.24. The number of hydrogen-bond acceptors (Lipinski definition) is 3. The molecule has 2 N–H and O–H groups in total. The van der Waals surface area contributed by atoms with E-state index < -0.39 is 6.04 Å². The first-order chi connectivity index (χ1) is 9.85. The van der Waals surface area contributed by atoms with Crippen molar-refractivity contribution in [2.24, 2.45) is 0 Å². The van der Waals surface area contributed by atoms with E-state index in [1.165, 1.54) is 6.92 Å². The zero-order valence-corrected chi connectivity index (χ0v) is 13.4. The van der Waals surface area contributed by atoms with Crippen LogP contribution in [0.15, 0.2) is 24.3 Å². The normalized spacial score (nSPS) is 11.9. The van der Waals surface area contributed by atoms with Crippen molar-refractivity contribution in [3.63, 3.8) is 0 Å². The number of hydrogen-bond donors (Lipinski definition) is 2. The number of nitrogens with zero attached hydrogens (tertiary/aromatic N) is 1. The van der Waals surface area contributed by atoms with Crippen LogP contribution >= 0.6 is 0 Å². The summed E-state index contributed by atoms with van der Waals surface area (Å²) >= 11 is 0. The predicted molar refractivity (Wildman–Crippen MR) is 86.5 cm³/mol. The zero-order valence-electron chi connectivity index (χ0n) is 13.4. The van der Waals surface area contributed by atoms with Gasteiger partial charge in [0, 0.05) is 30.9 Å². The van der Waals surface area contributed by atoms with Crippen LogP contribution in [0.1, 0.15) is 34.6 Å². The molecule has 0 bridgehead atoms. The summed E-state index contributed by atoms with van der Waals surface area (Å²) in [4.78, 5) is 25.1. The summed E-state index contributed by atoms with van der Waals surface area (Å²) in [5.74, 6) is -0.447. The van der Waals surface area contributed by atoms with Crippen molar-refractivity contribution in [3.05, 3.63) is 24.3 Å². The smallest absolute Gasteiger partial charge is 0.246 e. The van der Waals surface area contributed by atoms with Crippen LogP contribution in [0.5, 0.6) is 0 Å². The Morgan fingerprint density at radius 1 is 1.14 bits per heavy atom. The second kappa shape index (κ2) is 7.67. The van der Waals surface area contributed by atoms with Crippen LogP contribution in [0.25, 0.3) is 0 Å². The second-order valence-electron chi connectivity index (χ2n) is 5.34. The first-order valence-corrected chi connectivity index (χ1v) is 7.29. The minimum atomic E-state index is -0.551. The standard InChI is InChI=1S/C16H25N3O2/c1-6-19(11(2)3)15-9-7-14(8-10-15)18-16(21)12(4)17-13(5)20/h7-12H,6H2,1-5H3,(H,17,20)(H,18,21). The third-order valence-electron chi connectivity index (χ3n) is 3.24. The zero-order chi connectivity index (χ0) is 16.0. The first kappa shape index (κ1) is 17.0. The highest BCUT2D eigenvalue weighted by Crippen LogP contribution is 2.19. The Morgan fingerprint density at radius 3 is 2.14 bits per heavy atom. The van der Waals surface area contributed by atoms with E-state index in [4.69, 9.17) is 0 Å². The SMILES string of the molecule is CCN(c1ccc(NC(=O)C(C)NC(C)=O)cc1)C(C)C. The summed E-state index contributed by atoms with van der Waals surface area (Å²) in [5.41, 5.74) is 1.85. The molecule has 1 aromatic carbocycles. The molecule has 0 aliphatic heterocycles. The van der Waals surface area contributed by atoms with Crippen molar-refractivity contribution in [1.29, 1.82) is 0 Å². The van der Waals surface area contributed by atoms with Gasteiger partial charge < -0.3 is 15.5 Å². The summed E-state index contributed by atoms with van der Waals surface area (Å²) in [7, 11) is 0. The van der Waals surface area contributed by atoms with Crippen LogP contribution in [-0.4, -0.2) is 30.4 Å². The fourth-order valence-corrected chi connectivity index (χ4v) is 2.20. The molecule has 0 spiro atoms. The first-order valence-electron chi connectivity index (χ1n) is 7.29. The molecule has 1 rings (SSSR count). The van der Waals surface area contributed by atoms with Crippen molar-refractivity contribution in [2.75, 3.05) is 16.8 Å². The number of anilines is 2. The van der Waals surface area contributed by atoms with E-state index in [0.717, 1.165) is 17.9 Å². The molecule has 0 aromatic heterocycles. The molecule has 21 heavy (non-hydrogen) atoms. The number of amides is 2.